The summed E-state index contributed by atoms with van der Waals surface area (Å²) in [6, 6.07) is 9.52. The fourth-order valence-corrected chi connectivity index (χ4v) is 3.71. The monoisotopic (exact) mass is 500 g/mol. The fraction of sp³-hybridized carbons (Fsp3) is 0.280. The number of aliphatic hydroxyl groups is 3. The average Bonchev–Trinajstić information content (AvgIpc) is 2.83. The van der Waals surface area contributed by atoms with E-state index >= 15 is 0 Å². The van der Waals surface area contributed by atoms with E-state index in [2.05, 4.69) is 0 Å². The minimum absolute atomic E-state index is 0.0310. The molecule has 36 heavy (non-hydrogen) atoms. The van der Waals surface area contributed by atoms with Gasteiger partial charge in [0.2, 0.25) is 6.29 Å². The quantitative estimate of drug-likeness (QED) is 0.243. The van der Waals surface area contributed by atoms with Crippen LogP contribution in [-0.2, 0) is 14.3 Å². The average molecular weight is 500 g/mol. The van der Waals surface area contributed by atoms with Crippen molar-refractivity contribution in [3.63, 3.8) is 0 Å². The lowest BCUT2D eigenvalue weighted by atomic mass is 9.99. The Balaban J connectivity index is 1.61. The molecule has 4 rings (SSSR count). The standard InChI is InChI=1S/C25H24O11/c1-2-3-20(29)33-11-19-22(30)23(31)24(32)25(36-19)34-14-8-15(27)21-16(28)10-17(35-18(21)9-14)12-4-6-13(26)7-5-12/h2-10,19,22-27,30-32H,11H2,1H3. The van der Waals surface area contributed by atoms with Crippen LogP contribution in [0.5, 0.6) is 17.2 Å². The summed E-state index contributed by atoms with van der Waals surface area (Å²) in [4.78, 5) is 24.2. The molecule has 3 aromatic rings. The molecule has 11 nitrogen and oxygen atoms in total. The van der Waals surface area contributed by atoms with Crippen LogP contribution in [0.3, 0.4) is 0 Å². The number of carbonyl (C=O) groups is 1. The van der Waals surface area contributed by atoms with Gasteiger partial charge in [-0.1, -0.05) is 6.08 Å². The van der Waals surface area contributed by atoms with E-state index in [-0.39, 0.29) is 28.2 Å². The van der Waals surface area contributed by atoms with Gasteiger partial charge in [0.25, 0.3) is 0 Å². The van der Waals surface area contributed by atoms with Gasteiger partial charge in [0.05, 0.1) is 0 Å². The second kappa shape index (κ2) is 10.4. The lowest BCUT2D eigenvalue weighted by Gasteiger charge is -2.39. The zero-order valence-corrected chi connectivity index (χ0v) is 19.0. The summed E-state index contributed by atoms with van der Waals surface area (Å²) in [6.07, 6.45) is -5.10. The van der Waals surface area contributed by atoms with Gasteiger partial charge < -0.3 is 44.2 Å². The summed E-state index contributed by atoms with van der Waals surface area (Å²) in [6.45, 7) is 1.19. The molecule has 0 aliphatic carbocycles. The molecule has 1 saturated heterocycles. The number of benzene rings is 2. The van der Waals surface area contributed by atoms with Crippen molar-refractivity contribution >= 4 is 16.9 Å². The van der Waals surface area contributed by atoms with Crippen LogP contribution in [-0.4, -0.2) is 68.8 Å². The number of esters is 1. The molecule has 2 aromatic carbocycles. The molecule has 0 radical (unpaired) electrons. The Labute approximate surface area is 204 Å². The molecule has 1 aliphatic heterocycles. The molecular formula is C25H24O11. The second-order valence-electron chi connectivity index (χ2n) is 8.10. The molecule has 1 fully saturated rings. The smallest absolute Gasteiger partial charge is 0.330 e. The van der Waals surface area contributed by atoms with Crippen molar-refractivity contribution in [1.29, 1.82) is 0 Å². The summed E-state index contributed by atoms with van der Waals surface area (Å²) in [5.74, 6) is -1.03. The predicted octanol–water partition coefficient (Wildman–Crippen LogP) is 1.18. The van der Waals surface area contributed by atoms with Gasteiger partial charge >= 0.3 is 5.97 Å². The van der Waals surface area contributed by atoms with Crippen LogP contribution < -0.4 is 10.2 Å². The zero-order valence-electron chi connectivity index (χ0n) is 19.0. The predicted molar refractivity (Wildman–Crippen MR) is 124 cm³/mol. The molecule has 5 N–H and O–H groups in total. The van der Waals surface area contributed by atoms with Crippen molar-refractivity contribution in [3.05, 3.63) is 64.8 Å². The minimum Gasteiger partial charge on any atom is -0.508 e. The molecule has 5 atom stereocenters. The molecule has 0 bridgehead atoms. The van der Waals surface area contributed by atoms with Gasteiger partial charge in [-0.05, 0) is 31.2 Å². The van der Waals surface area contributed by atoms with E-state index in [1.54, 1.807) is 19.1 Å². The molecular weight excluding hydrogens is 476 g/mol. The Morgan fingerprint density at radius 1 is 1.03 bits per heavy atom. The van der Waals surface area contributed by atoms with Gasteiger partial charge in [0.1, 0.15) is 65.0 Å². The molecule has 0 saturated carbocycles. The number of ether oxygens (including phenoxy) is 3. The number of phenolic OH excluding ortho intramolecular Hbond substituents is 2. The normalized spacial score (nSPS) is 24.2. The SMILES string of the molecule is CC=CC(=O)OCC1OC(Oc2cc(O)c3c(=O)cc(-c4ccc(O)cc4)oc3c2)C(O)C(O)C1O. The van der Waals surface area contributed by atoms with Crippen LogP contribution in [0.15, 0.2) is 63.8 Å². The van der Waals surface area contributed by atoms with Crippen molar-refractivity contribution in [2.75, 3.05) is 6.61 Å². The number of fused-ring (bicyclic) bond motifs is 1. The van der Waals surface area contributed by atoms with E-state index in [4.69, 9.17) is 18.6 Å². The Kier molecular flexibility index (Phi) is 7.27. The summed E-state index contributed by atoms with van der Waals surface area (Å²) in [7, 11) is 0. The highest BCUT2D eigenvalue weighted by Crippen LogP contribution is 2.33. The van der Waals surface area contributed by atoms with Gasteiger partial charge in [-0.3, -0.25) is 4.79 Å². The van der Waals surface area contributed by atoms with Gasteiger partial charge in [-0.15, -0.1) is 0 Å². The van der Waals surface area contributed by atoms with E-state index in [1.165, 1.54) is 30.3 Å². The topological polar surface area (TPSA) is 176 Å². The number of aliphatic hydroxyl groups excluding tert-OH is 3. The van der Waals surface area contributed by atoms with Gasteiger partial charge in [-0.25, -0.2) is 4.79 Å². The first-order valence-electron chi connectivity index (χ1n) is 10.9. The Morgan fingerprint density at radius 3 is 2.44 bits per heavy atom. The molecule has 11 heteroatoms. The van der Waals surface area contributed by atoms with E-state index in [9.17, 15) is 35.1 Å². The third-order valence-corrected chi connectivity index (χ3v) is 5.55. The maximum Gasteiger partial charge on any atom is 0.330 e. The van der Waals surface area contributed by atoms with Crippen molar-refractivity contribution in [2.24, 2.45) is 0 Å². The highest BCUT2D eigenvalue weighted by molar-refractivity contribution is 5.86. The van der Waals surface area contributed by atoms with Crippen LogP contribution in [0.25, 0.3) is 22.3 Å². The Bertz CT molecular complexity index is 1330. The molecule has 0 amide bonds. The molecule has 1 aromatic heterocycles. The number of hydrogen-bond donors (Lipinski definition) is 5. The van der Waals surface area contributed by atoms with Gasteiger partial charge in [0.15, 0.2) is 5.43 Å². The van der Waals surface area contributed by atoms with Crippen LogP contribution in [0.1, 0.15) is 6.92 Å². The lowest BCUT2D eigenvalue weighted by molar-refractivity contribution is -0.278. The van der Waals surface area contributed by atoms with E-state index in [0.717, 1.165) is 12.1 Å². The minimum atomic E-state index is -1.70. The summed E-state index contributed by atoms with van der Waals surface area (Å²) in [5.41, 5.74) is -0.0711. The summed E-state index contributed by atoms with van der Waals surface area (Å²) >= 11 is 0. The number of aromatic hydroxyl groups is 2. The molecule has 2 heterocycles. The Hall–Kier alpha value is -3.90. The van der Waals surface area contributed by atoms with Gasteiger partial charge in [0, 0.05) is 29.8 Å². The molecule has 0 spiro atoms. The number of carbonyl (C=O) groups excluding carboxylic acids is 1. The molecule has 190 valence electrons. The lowest BCUT2D eigenvalue weighted by Crippen LogP contribution is -2.60. The number of allylic oxidation sites excluding steroid dienone is 1. The van der Waals surface area contributed by atoms with Crippen molar-refractivity contribution < 1.29 is 49.0 Å². The first-order chi connectivity index (χ1) is 17.2. The maximum atomic E-state index is 12.6. The number of hydrogen-bond acceptors (Lipinski definition) is 11. The highest BCUT2D eigenvalue weighted by Gasteiger charge is 2.45. The van der Waals surface area contributed by atoms with Crippen LogP contribution in [0.4, 0.5) is 0 Å². The summed E-state index contributed by atoms with van der Waals surface area (Å²) in [5, 5.41) is 50.6. The Morgan fingerprint density at radius 2 is 1.75 bits per heavy atom. The van der Waals surface area contributed by atoms with E-state index < -0.39 is 54.5 Å². The van der Waals surface area contributed by atoms with E-state index in [0.29, 0.717) is 5.56 Å². The molecule has 1 aliphatic rings. The first-order valence-corrected chi connectivity index (χ1v) is 10.9. The van der Waals surface area contributed by atoms with Crippen molar-refractivity contribution in [3.8, 4) is 28.6 Å². The third-order valence-electron chi connectivity index (χ3n) is 5.55. The van der Waals surface area contributed by atoms with Gasteiger partial charge in [-0.2, -0.15) is 0 Å². The highest BCUT2D eigenvalue weighted by atomic mass is 16.7. The van der Waals surface area contributed by atoms with Crippen molar-refractivity contribution in [1.82, 2.24) is 0 Å². The third kappa shape index (κ3) is 5.19. The molecule has 5 unspecified atom stereocenters. The second-order valence-corrected chi connectivity index (χ2v) is 8.10. The number of rotatable bonds is 6. The largest absolute Gasteiger partial charge is 0.508 e. The summed E-state index contributed by atoms with van der Waals surface area (Å²) < 4.78 is 21.9. The van der Waals surface area contributed by atoms with Crippen molar-refractivity contribution in [2.45, 2.75) is 37.6 Å². The number of phenols is 2. The van der Waals surface area contributed by atoms with Crippen LogP contribution in [0.2, 0.25) is 0 Å². The maximum absolute atomic E-state index is 12.6. The fourth-order valence-electron chi connectivity index (χ4n) is 3.71. The zero-order chi connectivity index (χ0) is 26.0. The van der Waals surface area contributed by atoms with Crippen LogP contribution >= 0.6 is 0 Å². The first kappa shape index (κ1) is 25.2. The van der Waals surface area contributed by atoms with E-state index in [1.807, 2.05) is 0 Å². The van der Waals surface area contributed by atoms with Crippen LogP contribution in [0, 0.1) is 0 Å².